The van der Waals surface area contributed by atoms with Gasteiger partial charge >= 0.3 is 0 Å². The van der Waals surface area contributed by atoms with E-state index in [1.807, 2.05) is 12.3 Å². The Kier molecular flexibility index (Phi) is 2.41. The zero-order valence-corrected chi connectivity index (χ0v) is 9.37. The summed E-state index contributed by atoms with van der Waals surface area (Å²) < 4.78 is 0. The van der Waals surface area contributed by atoms with Crippen LogP contribution in [0.1, 0.15) is 37.2 Å². The van der Waals surface area contributed by atoms with Crippen molar-refractivity contribution in [1.82, 2.24) is 10.3 Å². The van der Waals surface area contributed by atoms with Crippen molar-refractivity contribution in [3.05, 3.63) is 29.0 Å². The van der Waals surface area contributed by atoms with Crippen LogP contribution in [-0.4, -0.2) is 17.1 Å². The lowest BCUT2D eigenvalue weighted by Crippen LogP contribution is -2.39. The number of hydrogen-bond acceptors (Lipinski definition) is 2. The molecule has 2 nitrogen and oxygen atoms in total. The Balaban J connectivity index is 1.84. The van der Waals surface area contributed by atoms with Gasteiger partial charge in [-0.2, -0.15) is 0 Å². The third-order valence-corrected chi connectivity index (χ3v) is 3.99. The summed E-state index contributed by atoms with van der Waals surface area (Å²) in [5, 5.41) is 4.28. The van der Waals surface area contributed by atoms with Crippen molar-refractivity contribution in [1.29, 1.82) is 0 Å². The van der Waals surface area contributed by atoms with Crippen molar-refractivity contribution >= 4 is 11.6 Å². The molecule has 80 valence electrons. The van der Waals surface area contributed by atoms with E-state index < -0.39 is 0 Å². The van der Waals surface area contributed by atoms with Gasteiger partial charge in [-0.3, -0.25) is 0 Å². The van der Waals surface area contributed by atoms with E-state index in [-0.39, 0.29) is 0 Å². The first-order valence-corrected chi connectivity index (χ1v) is 6.08. The summed E-state index contributed by atoms with van der Waals surface area (Å²) in [4.78, 5) is 4.17. The SMILES string of the molecule is Clc1ccc([C@@H]2CC[C@H]3CC[C@H]2N3)cn1. The first-order valence-electron chi connectivity index (χ1n) is 5.70. The molecule has 15 heavy (non-hydrogen) atoms. The van der Waals surface area contributed by atoms with E-state index in [1.165, 1.54) is 31.2 Å². The average molecular weight is 223 g/mol. The molecule has 3 atom stereocenters. The third-order valence-electron chi connectivity index (χ3n) is 3.77. The van der Waals surface area contributed by atoms with Gasteiger partial charge in [-0.25, -0.2) is 4.98 Å². The van der Waals surface area contributed by atoms with E-state index in [0.29, 0.717) is 17.1 Å². The second-order valence-electron chi connectivity index (χ2n) is 4.65. The quantitative estimate of drug-likeness (QED) is 0.740. The van der Waals surface area contributed by atoms with Crippen LogP contribution in [0.15, 0.2) is 18.3 Å². The number of fused-ring (bicyclic) bond motifs is 2. The summed E-state index contributed by atoms with van der Waals surface area (Å²) in [5.74, 6) is 0.647. The zero-order valence-electron chi connectivity index (χ0n) is 8.62. The molecule has 1 aromatic rings. The van der Waals surface area contributed by atoms with E-state index in [9.17, 15) is 0 Å². The standard InChI is InChI=1S/C12H15ClN2/c13-12-6-1-8(7-14-12)10-4-2-9-3-5-11(10)15-9/h1,6-7,9-11,15H,2-5H2/t9-,10-,11+/m0/s1. The van der Waals surface area contributed by atoms with Crippen LogP contribution in [0, 0.1) is 0 Å². The smallest absolute Gasteiger partial charge is 0.129 e. The van der Waals surface area contributed by atoms with Crippen molar-refractivity contribution < 1.29 is 0 Å². The molecule has 0 radical (unpaired) electrons. The van der Waals surface area contributed by atoms with Gasteiger partial charge in [-0.1, -0.05) is 17.7 Å². The fourth-order valence-corrected chi connectivity index (χ4v) is 3.09. The minimum atomic E-state index is 0.590. The molecule has 2 saturated heterocycles. The number of hydrogen-bond donors (Lipinski definition) is 1. The molecule has 1 aromatic heterocycles. The zero-order chi connectivity index (χ0) is 10.3. The Labute approximate surface area is 95.0 Å². The van der Waals surface area contributed by atoms with Crippen molar-refractivity contribution in [2.75, 3.05) is 0 Å². The van der Waals surface area contributed by atoms with E-state index in [0.717, 1.165) is 6.04 Å². The molecule has 0 spiro atoms. The fourth-order valence-electron chi connectivity index (χ4n) is 2.98. The summed E-state index contributed by atoms with van der Waals surface area (Å²) in [5.41, 5.74) is 1.34. The number of rotatable bonds is 1. The molecular formula is C12H15ClN2. The minimum absolute atomic E-state index is 0.590. The lowest BCUT2D eigenvalue weighted by molar-refractivity contribution is 0.358. The summed E-state index contributed by atoms with van der Waals surface area (Å²) in [7, 11) is 0. The predicted molar refractivity (Wildman–Crippen MR) is 61.2 cm³/mol. The summed E-state index contributed by atoms with van der Waals surface area (Å²) >= 11 is 5.80. The van der Waals surface area contributed by atoms with Crippen LogP contribution in [0.25, 0.3) is 0 Å². The van der Waals surface area contributed by atoms with Crippen LogP contribution < -0.4 is 5.32 Å². The summed E-state index contributed by atoms with van der Waals surface area (Å²) in [6.45, 7) is 0. The molecule has 3 rings (SSSR count). The maximum atomic E-state index is 5.80. The number of nitrogens with one attached hydrogen (secondary N) is 1. The molecule has 2 fully saturated rings. The highest BCUT2D eigenvalue weighted by atomic mass is 35.5. The second kappa shape index (κ2) is 3.76. The number of nitrogens with zero attached hydrogens (tertiary/aromatic N) is 1. The van der Waals surface area contributed by atoms with Gasteiger partial charge in [0.05, 0.1) is 0 Å². The normalized spacial score (nSPS) is 34.3. The van der Waals surface area contributed by atoms with Gasteiger partial charge in [-0.15, -0.1) is 0 Å². The largest absolute Gasteiger partial charge is 0.311 e. The first kappa shape index (κ1) is 9.61. The maximum Gasteiger partial charge on any atom is 0.129 e. The van der Waals surface area contributed by atoms with E-state index in [2.05, 4.69) is 16.4 Å². The molecular weight excluding hydrogens is 208 g/mol. The number of pyridine rings is 1. The van der Waals surface area contributed by atoms with Crippen LogP contribution >= 0.6 is 11.6 Å². The van der Waals surface area contributed by atoms with Crippen molar-refractivity contribution in [3.63, 3.8) is 0 Å². The molecule has 3 heterocycles. The Morgan fingerprint density at radius 1 is 1.20 bits per heavy atom. The Morgan fingerprint density at radius 2 is 2.07 bits per heavy atom. The van der Waals surface area contributed by atoms with Crippen LogP contribution in [0.2, 0.25) is 5.15 Å². The van der Waals surface area contributed by atoms with Gasteiger partial charge in [0.25, 0.3) is 0 Å². The van der Waals surface area contributed by atoms with Crippen molar-refractivity contribution in [3.8, 4) is 0 Å². The summed E-state index contributed by atoms with van der Waals surface area (Å²) in [6.07, 6.45) is 7.21. The van der Waals surface area contributed by atoms with E-state index >= 15 is 0 Å². The molecule has 1 N–H and O–H groups in total. The Bertz CT molecular complexity index is 349. The molecule has 0 amide bonds. The van der Waals surface area contributed by atoms with Gasteiger partial charge in [0.15, 0.2) is 0 Å². The molecule has 0 aromatic carbocycles. The topological polar surface area (TPSA) is 24.9 Å². The number of halogens is 1. The predicted octanol–water partition coefficient (Wildman–Crippen LogP) is 2.73. The van der Waals surface area contributed by atoms with Gasteiger partial charge in [-0.05, 0) is 37.3 Å². The highest BCUT2D eigenvalue weighted by Gasteiger charge is 2.35. The molecule has 3 heteroatoms. The average Bonchev–Trinajstić information content (AvgIpc) is 2.63. The van der Waals surface area contributed by atoms with E-state index in [1.54, 1.807) is 0 Å². The molecule has 2 bridgehead atoms. The Morgan fingerprint density at radius 3 is 2.87 bits per heavy atom. The van der Waals surface area contributed by atoms with Crippen molar-refractivity contribution in [2.45, 2.75) is 43.7 Å². The minimum Gasteiger partial charge on any atom is -0.311 e. The van der Waals surface area contributed by atoms with E-state index in [4.69, 9.17) is 11.6 Å². The fraction of sp³-hybridized carbons (Fsp3) is 0.583. The maximum absolute atomic E-state index is 5.80. The lowest BCUT2D eigenvalue weighted by Gasteiger charge is -2.30. The van der Waals surface area contributed by atoms with Crippen LogP contribution in [0.3, 0.4) is 0 Å². The molecule has 2 aliphatic rings. The van der Waals surface area contributed by atoms with Gasteiger partial charge in [0, 0.05) is 24.2 Å². The van der Waals surface area contributed by atoms with Gasteiger partial charge < -0.3 is 5.32 Å². The van der Waals surface area contributed by atoms with Crippen LogP contribution in [0.4, 0.5) is 0 Å². The number of piperidine rings is 1. The highest BCUT2D eigenvalue weighted by molar-refractivity contribution is 6.29. The second-order valence-corrected chi connectivity index (χ2v) is 5.03. The molecule has 0 aliphatic carbocycles. The summed E-state index contributed by atoms with van der Waals surface area (Å²) in [6, 6.07) is 5.48. The van der Waals surface area contributed by atoms with Gasteiger partial charge in [0.2, 0.25) is 0 Å². The molecule has 2 aliphatic heterocycles. The monoisotopic (exact) mass is 222 g/mol. The van der Waals surface area contributed by atoms with Crippen LogP contribution in [-0.2, 0) is 0 Å². The third kappa shape index (κ3) is 1.77. The first-order chi connectivity index (χ1) is 7.33. The Hall–Kier alpha value is -0.600. The highest BCUT2D eigenvalue weighted by Crippen LogP contribution is 2.37. The number of aromatic nitrogens is 1. The molecule has 0 saturated carbocycles. The van der Waals surface area contributed by atoms with Gasteiger partial charge in [0.1, 0.15) is 5.15 Å². The van der Waals surface area contributed by atoms with Crippen LogP contribution in [0.5, 0.6) is 0 Å². The molecule has 0 unspecified atom stereocenters. The lowest BCUT2D eigenvalue weighted by atomic mass is 9.86. The van der Waals surface area contributed by atoms with Crippen molar-refractivity contribution in [2.24, 2.45) is 0 Å².